The van der Waals surface area contributed by atoms with Gasteiger partial charge in [0.05, 0.1) is 10.5 Å². The minimum Gasteiger partial charge on any atom is -0.506 e. The van der Waals surface area contributed by atoms with Crippen LogP contribution in [0.4, 0.5) is 18.9 Å². The molecule has 1 aromatic rings. The average molecular weight is 280 g/mol. The van der Waals surface area contributed by atoms with Gasteiger partial charge < -0.3 is 15.9 Å². The molecule has 0 aliphatic heterocycles. The van der Waals surface area contributed by atoms with E-state index in [1.54, 1.807) is 0 Å². The molecule has 1 aromatic carbocycles. The van der Waals surface area contributed by atoms with Gasteiger partial charge in [0.15, 0.2) is 0 Å². The molecule has 0 aliphatic rings. The predicted molar refractivity (Wildman–Crippen MR) is 54.7 cm³/mol. The van der Waals surface area contributed by atoms with Gasteiger partial charge in [-0.25, -0.2) is 4.79 Å². The van der Waals surface area contributed by atoms with Gasteiger partial charge in [-0.05, 0) is 6.07 Å². The SMILES string of the molecule is N[C@H](c1c([N+](=O)[O-])ccc(C(=O)O)c1O)C(F)(F)F. The molecule has 1 atom stereocenters. The molecule has 0 fully saturated rings. The zero-order valence-corrected chi connectivity index (χ0v) is 9.01. The normalized spacial score (nSPS) is 13.1. The molecule has 0 unspecified atom stereocenters. The molecule has 10 heteroatoms. The number of halogens is 3. The number of hydrogen-bond acceptors (Lipinski definition) is 5. The number of carbonyl (C=O) groups is 1. The van der Waals surface area contributed by atoms with Gasteiger partial charge in [-0.2, -0.15) is 13.2 Å². The van der Waals surface area contributed by atoms with Crippen LogP contribution in [0.1, 0.15) is 22.0 Å². The fourth-order valence-corrected chi connectivity index (χ4v) is 1.40. The number of hydrogen-bond donors (Lipinski definition) is 3. The molecule has 1 rings (SSSR count). The highest BCUT2D eigenvalue weighted by atomic mass is 19.4. The number of aromatic carboxylic acids is 1. The van der Waals surface area contributed by atoms with E-state index in [0.29, 0.717) is 12.1 Å². The second-order valence-corrected chi connectivity index (χ2v) is 3.48. The molecule has 19 heavy (non-hydrogen) atoms. The number of phenols is 1. The third-order valence-electron chi connectivity index (χ3n) is 2.28. The van der Waals surface area contributed by atoms with Crippen molar-refractivity contribution in [3.8, 4) is 5.75 Å². The van der Waals surface area contributed by atoms with Gasteiger partial charge in [-0.3, -0.25) is 10.1 Å². The van der Waals surface area contributed by atoms with Crippen molar-refractivity contribution < 1.29 is 33.1 Å². The summed E-state index contributed by atoms with van der Waals surface area (Å²) in [5, 5.41) is 28.7. The monoisotopic (exact) mass is 280 g/mol. The number of benzene rings is 1. The minimum atomic E-state index is -5.07. The van der Waals surface area contributed by atoms with E-state index in [4.69, 9.17) is 10.8 Å². The van der Waals surface area contributed by atoms with Crippen molar-refractivity contribution in [2.45, 2.75) is 12.2 Å². The first-order valence-corrected chi connectivity index (χ1v) is 4.63. The molecule has 0 saturated carbocycles. The number of nitrogens with zero attached hydrogens (tertiary/aromatic N) is 1. The lowest BCUT2D eigenvalue weighted by Crippen LogP contribution is -2.29. The third-order valence-corrected chi connectivity index (χ3v) is 2.28. The van der Waals surface area contributed by atoms with Crippen molar-refractivity contribution in [1.29, 1.82) is 0 Å². The number of alkyl halides is 3. The summed E-state index contributed by atoms with van der Waals surface area (Å²) in [6.45, 7) is 0. The Morgan fingerprint density at radius 2 is 1.95 bits per heavy atom. The Hall–Kier alpha value is -2.36. The van der Waals surface area contributed by atoms with E-state index in [-0.39, 0.29) is 0 Å². The Bertz CT molecular complexity index is 543. The van der Waals surface area contributed by atoms with Gasteiger partial charge in [0.2, 0.25) is 0 Å². The van der Waals surface area contributed by atoms with Gasteiger partial charge in [0.25, 0.3) is 5.69 Å². The Morgan fingerprint density at radius 1 is 1.42 bits per heavy atom. The summed E-state index contributed by atoms with van der Waals surface area (Å²) in [6, 6.07) is -1.70. The fraction of sp³-hybridized carbons (Fsp3) is 0.222. The Balaban J connectivity index is 3.61. The smallest absolute Gasteiger partial charge is 0.408 e. The maximum atomic E-state index is 12.5. The highest BCUT2D eigenvalue weighted by Crippen LogP contribution is 2.41. The predicted octanol–water partition coefficient (Wildman–Crippen LogP) is 1.56. The maximum Gasteiger partial charge on any atom is 0.408 e. The molecular formula is C9H7F3N2O5. The number of carboxylic acid groups (broad SMARTS) is 1. The van der Waals surface area contributed by atoms with Crippen LogP contribution in [-0.2, 0) is 0 Å². The van der Waals surface area contributed by atoms with E-state index in [1.165, 1.54) is 0 Å². The number of nitro groups is 1. The summed E-state index contributed by atoms with van der Waals surface area (Å²) in [5.41, 5.74) is 1.51. The summed E-state index contributed by atoms with van der Waals surface area (Å²) < 4.78 is 37.5. The van der Waals surface area contributed by atoms with Gasteiger partial charge in [0.1, 0.15) is 17.4 Å². The van der Waals surface area contributed by atoms with E-state index >= 15 is 0 Å². The molecule has 0 amide bonds. The van der Waals surface area contributed by atoms with E-state index < -0.39 is 45.7 Å². The number of aromatic hydroxyl groups is 1. The average Bonchev–Trinajstić information content (AvgIpc) is 2.25. The minimum absolute atomic E-state index is 0.546. The van der Waals surface area contributed by atoms with Crippen molar-refractivity contribution in [3.63, 3.8) is 0 Å². The molecule has 0 bridgehead atoms. The quantitative estimate of drug-likeness (QED) is 0.569. The van der Waals surface area contributed by atoms with Crippen LogP contribution in [0.25, 0.3) is 0 Å². The lowest BCUT2D eigenvalue weighted by Gasteiger charge is -2.17. The Labute approximate surface area is 103 Å². The van der Waals surface area contributed by atoms with Gasteiger partial charge in [-0.15, -0.1) is 0 Å². The van der Waals surface area contributed by atoms with Crippen LogP contribution in [0.5, 0.6) is 5.75 Å². The Kier molecular flexibility index (Phi) is 3.65. The number of nitrogens with two attached hydrogens (primary N) is 1. The maximum absolute atomic E-state index is 12.5. The largest absolute Gasteiger partial charge is 0.506 e. The van der Waals surface area contributed by atoms with E-state index in [2.05, 4.69) is 0 Å². The van der Waals surface area contributed by atoms with Crippen LogP contribution < -0.4 is 5.73 Å². The first-order chi connectivity index (χ1) is 8.57. The van der Waals surface area contributed by atoms with Crippen LogP contribution in [-0.4, -0.2) is 27.3 Å². The second-order valence-electron chi connectivity index (χ2n) is 3.48. The third kappa shape index (κ3) is 2.73. The van der Waals surface area contributed by atoms with Crippen LogP contribution in [0.2, 0.25) is 0 Å². The van der Waals surface area contributed by atoms with Crippen LogP contribution >= 0.6 is 0 Å². The molecule has 7 nitrogen and oxygen atoms in total. The summed E-state index contributed by atoms with van der Waals surface area (Å²) in [4.78, 5) is 20.1. The van der Waals surface area contributed by atoms with Crippen LogP contribution in [0.15, 0.2) is 12.1 Å². The van der Waals surface area contributed by atoms with Gasteiger partial charge in [-0.1, -0.05) is 0 Å². The lowest BCUT2D eigenvalue weighted by atomic mass is 10.00. The fourth-order valence-electron chi connectivity index (χ4n) is 1.40. The molecule has 0 radical (unpaired) electrons. The number of nitro benzene ring substituents is 1. The molecule has 0 heterocycles. The first-order valence-electron chi connectivity index (χ1n) is 4.63. The van der Waals surface area contributed by atoms with Crippen LogP contribution in [0, 0.1) is 10.1 Å². The zero-order valence-electron chi connectivity index (χ0n) is 9.01. The molecule has 0 aliphatic carbocycles. The highest BCUT2D eigenvalue weighted by Gasteiger charge is 2.44. The number of rotatable bonds is 3. The topological polar surface area (TPSA) is 127 Å². The van der Waals surface area contributed by atoms with E-state index in [0.717, 1.165) is 0 Å². The standard InChI is InChI=1S/C9H7F3N2O5/c10-9(11,12)7(13)5-4(14(18)19)2-1-3(6(5)15)8(16)17/h1-2,7,15H,13H2,(H,16,17)/t7-/m1/s1. The highest BCUT2D eigenvalue weighted by molar-refractivity contribution is 5.92. The van der Waals surface area contributed by atoms with E-state index in [1.807, 2.05) is 0 Å². The summed E-state index contributed by atoms with van der Waals surface area (Å²) >= 11 is 0. The molecule has 0 aromatic heterocycles. The summed E-state index contributed by atoms with van der Waals surface area (Å²) in [5.74, 6) is -3.10. The Morgan fingerprint density at radius 3 is 2.32 bits per heavy atom. The zero-order chi connectivity index (χ0) is 15.0. The van der Waals surface area contributed by atoms with Gasteiger partial charge >= 0.3 is 12.1 Å². The number of carboxylic acids is 1. The molecule has 104 valence electrons. The van der Waals surface area contributed by atoms with E-state index in [9.17, 15) is 33.2 Å². The van der Waals surface area contributed by atoms with Crippen molar-refractivity contribution >= 4 is 11.7 Å². The molecule has 0 saturated heterocycles. The van der Waals surface area contributed by atoms with Crippen molar-refractivity contribution in [1.82, 2.24) is 0 Å². The van der Waals surface area contributed by atoms with Crippen molar-refractivity contribution in [3.05, 3.63) is 33.4 Å². The summed E-state index contributed by atoms with van der Waals surface area (Å²) in [6.07, 6.45) is -5.07. The van der Waals surface area contributed by atoms with Crippen molar-refractivity contribution in [2.75, 3.05) is 0 Å². The summed E-state index contributed by atoms with van der Waals surface area (Å²) in [7, 11) is 0. The van der Waals surface area contributed by atoms with Crippen LogP contribution in [0.3, 0.4) is 0 Å². The molecular weight excluding hydrogens is 273 g/mol. The lowest BCUT2D eigenvalue weighted by molar-refractivity contribution is -0.386. The second kappa shape index (κ2) is 4.72. The molecule has 4 N–H and O–H groups in total. The van der Waals surface area contributed by atoms with Gasteiger partial charge in [0, 0.05) is 6.07 Å². The van der Waals surface area contributed by atoms with Crippen molar-refractivity contribution in [2.24, 2.45) is 5.73 Å². The first kappa shape index (κ1) is 14.7. The molecule has 0 spiro atoms.